The van der Waals surface area contributed by atoms with E-state index < -0.39 is 11.8 Å². The van der Waals surface area contributed by atoms with Gasteiger partial charge >= 0.3 is 0 Å². The van der Waals surface area contributed by atoms with Crippen molar-refractivity contribution in [1.82, 2.24) is 0 Å². The van der Waals surface area contributed by atoms with Gasteiger partial charge in [0.15, 0.2) is 5.78 Å². The third-order valence-electron chi connectivity index (χ3n) is 4.37. The van der Waals surface area contributed by atoms with Crippen molar-refractivity contribution >= 4 is 23.3 Å². The van der Waals surface area contributed by atoms with E-state index in [0.717, 1.165) is 4.90 Å². The van der Waals surface area contributed by atoms with Crippen molar-refractivity contribution in [3.8, 4) is 11.5 Å². The summed E-state index contributed by atoms with van der Waals surface area (Å²) in [5.41, 5.74) is 1.40. The van der Waals surface area contributed by atoms with Gasteiger partial charge in [0, 0.05) is 5.56 Å². The molecule has 0 unspecified atom stereocenters. The average Bonchev–Trinajstić information content (AvgIpc) is 2.93. The maximum Gasteiger partial charge on any atom is 0.266 e. The molecule has 0 N–H and O–H groups in total. The predicted molar refractivity (Wildman–Crippen MR) is 101 cm³/mol. The fourth-order valence-electron chi connectivity index (χ4n) is 2.98. The first-order valence-corrected chi connectivity index (χ1v) is 8.41. The molecule has 0 saturated heterocycles. The predicted octanol–water partition coefficient (Wildman–Crippen LogP) is 4.48. The van der Waals surface area contributed by atoms with Crippen LogP contribution in [0, 0.1) is 0 Å². The first-order valence-electron chi connectivity index (χ1n) is 8.41. The zero-order valence-electron chi connectivity index (χ0n) is 14.5. The highest BCUT2D eigenvalue weighted by Gasteiger charge is 2.36. The summed E-state index contributed by atoms with van der Waals surface area (Å²) in [6.45, 7) is 1.42. The lowest BCUT2D eigenvalue weighted by Gasteiger charge is -2.14. The van der Waals surface area contributed by atoms with Crippen LogP contribution in [0.15, 0.2) is 72.8 Å². The van der Waals surface area contributed by atoms with Crippen molar-refractivity contribution in [1.29, 1.82) is 0 Å². The zero-order valence-corrected chi connectivity index (χ0v) is 14.5. The largest absolute Gasteiger partial charge is 0.457 e. The zero-order chi connectivity index (χ0) is 19.0. The molecule has 3 aromatic rings. The second-order valence-electron chi connectivity index (χ2n) is 6.17. The third kappa shape index (κ3) is 3.00. The number of anilines is 1. The Morgan fingerprint density at radius 2 is 1.41 bits per heavy atom. The van der Waals surface area contributed by atoms with E-state index in [2.05, 4.69) is 0 Å². The Balaban J connectivity index is 1.61. The van der Waals surface area contributed by atoms with E-state index in [1.165, 1.54) is 19.1 Å². The lowest BCUT2D eigenvalue weighted by molar-refractivity contribution is 0.0925. The molecule has 2 amide bonds. The number of hydrogen-bond acceptors (Lipinski definition) is 4. The van der Waals surface area contributed by atoms with Gasteiger partial charge in [-0.3, -0.25) is 14.4 Å². The summed E-state index contributed by atoms with van der Waals surface area (Å²) >= 11 is 0. The van der Waals surface area contributed by atoms with Gasteiger partial charge in [-0.05, 0) is 55.5 Å². The van der Waals surface area contributed by atoms with Crippen molar-refractivity contribution in [2.24, 2.45) is 0 Å². The summed E-state index contributed by atoms with van der Waals surface area (Å²) in [5.74, 6) is 0.304. The van der Waals surface area contributed by atoms with Gasteiger partial charge in [0.05, 0.1) is 16.8 Å². The standard InChI is InChI=1S/C22H15NO4/c1-14(24)15-7-12-19-20(13-15)22(26)23(21(19)25)16-8-10-18(11-9-16)27-17-5-3-2-4-6-17/h2-13H,1H3. The highest BCUT2D eigenvalue weighted by molar-refractivity contribution is 6.34. The molecule has 1 aliphatic heterocycles. The van der Waals surface area contributed by atoms with Gasteiger partial charge in [-0.1, -0.05) is 24.3 Å². The van der Waals surface area contributed by atoms with E-state index in [1.54, 1.807) is 30.3 Å². The molecule has 1 heterocycles. The van der Waals surface area contributed by atoms with Crippen LogP contribution in [0.5, 0.6) is 11.5 Å². The van der Waals surface area contributed by atoms with Crippen LogP contribution in [0.3, 0.4) is 0 Å². The second kappa shape index (κ2) is 6.53. The lowest BCUT2D eigenvalue weighted by Crippen LogP contribution is -2.29. The van der Waals surface area contributed by atoms with E-state index in [9.17, 15) is 14.4 Å². The monoisotopic (exact) mass is 357 g/mol. The molecular weight excluding hydrogens is 342 g/mol. The minimum absolute atomic E-state index is 0.154. The van der Waals surface area contributed by atoms with E-state index >= 15 is 0 Å². The molecule has 5 heteroatoms. The van der Waals surface area contributed by atoms with Crippen LogP contribution in [0.1, 0.15) is 38.0 Å². The number of carbonyl (C=O) groups is 3. The molecule has 0 aliphatic carbocycles. The molecule has 0 saturated carbocycles. The summed E-state index contributed by atoms with van der Waals surface area (Å²) < 4.78 is 5.73. The highest BCUT2D eigenvalue weighted by atomic mass is 16.5. The van der Waals surface area contributed by atoms with Crippen LogP contribution in [-0.4, -0.2) is 17.6 Å². The van der Waals surface area contributed by atoms with Crippen molar-refractivity contribution in [3.05, 3.63) is 89.5 Å². The number of benzene rings is 3. The Morgan fingerprint density at radius 3 is 2.07 bits per heavy atom. The molecule has 1 aliphatic rings. The van der Waals surface area contributed by atoms with E-state index in [-0.39, 0.29) is 11.3 Å². The van der Waals surface area contributed by atoms with Crippen LogP contribution < -0.4 is 9.64 Å². The molecule has 0 spiro atoms. The minimum atomic E-state index is -0.435. The van der Waals surface area contributed by atoms with Crippen molar-refractivity contribution in [2.75, 3.05) is 4.90 Å². The Morgan fingerprint density at radius 1 is 0.778 bits per heavy atom. The van der Waals surface area contributed by atoms with Crippen LogP contribution in [-0.2, 0) is 0 Å². The summed E-state index contributed by atoms with van der Waals surface area (Å²) in [6, 6.07) is 20.6. The van der Waals surface area contributed by atoms with Crippen LogP contribution in [0.4, 0.5) is 5.69 Å². The second-order valence-corrected chi connectivity index (χ2v) is 6.17. The van der Waals surface area contributed by atoms with Gasteiger partial charge < -0.3 is 4.74 Å². The Labute approximate surface area is 155 Å². The van der Waals surface area contributed by atoms with Gasteiger partial charge in [-0.15, -0.1) is 0 Å². The van der Waals surface area contributed by atoms with E-state index in [1.807, 2.05) is 30.3 Å². The van der Waals surface area contributed by atoms with Crippen molar-refractivity contribution in [3.63, 3.8) is 0 Å². The number of para-hydroxylation sites is 1. The highest BCUT2D eigenvalue weighted by Crippen LogP contribution is 2.31. The molecule has 0 bridgehead atoms. The van der Waals surface area contributed by atoms with Crippen LogP contribution in [0.2, 0.25) is 0 Å². The molecule has 0 aromatic heterocycles. The number of ether oxygens (including phenoxy) is 1. The maximum absolute atomic E-state index is 12.7. The Kier molecular flexibility index (Phi) is 4.05. The van der Waals surface area contributed by atoms with Crippen LogP contribution in [0.25, 0.3) is 0 Å². The molecule has 0 fully saturated rings. The Hall–Kier alpha value is -3.73. The number of rotatable bonds is 4. The number of amides is 2. The van der Waals surface area contributed by atoms with Crippen molar-refractivity contribution in [2.45, 2.75) is 6.92 Å². The number of hydrogen-bond donors (Lipinski definition) is 0. The number of carbonyl (C=O) groups excluding carboxylic acids is 3. The van der Waals surface area contributed by atoms with Gasteiger partial charge in [-0.25, -0.2) is 4.90 Å². The number of fused-ring (bicyclic) bond motifs is 1. The molecule has 5 nitrogen and oxygen atoms in total. The molecule has 0 atom stereocenters. The van der Waals surface area contributed by atoms with Gasteiger partial charge in [0.1, 0.15) is 11.5 Å². The summed E-state index contributed by atoms with van der Waals surface area (Å²) in [5, 5.41) is 0. The van der Waals surface area contributed by atoms with E-state index in [0.29, 0.717) is 28.3 Å². The van der Waals surface area contributed by atoms with Gasteiger partial charge in [0.2, 0.25) is 0 Å². The normalized spacial score (nSPS) is 12.9. The number of ketones is 1. The minimum Gasteiger partial charge on any atom is -0.457 e. The topological polar surface area (TPSA) is 63.7 Å². The van der Waals surface area contributed by atoms with Gasteiger partial charge in [-0.2, -0.15) is 0 Å². The number of Topliss-reactive ketones (excluding diaryl/α,β-unsaturated/α-hetero) is 1. The fourth-order valence-corrected chi connectivity index (χ4v) is 2.98. The fraction of sp³-hybridized carbons (Fsp3) is 0.0455. The molecule has 0 radical (unpaired) electrons. The number of nitrogens with zero attached hydrogens (tertiary/aromatic N) is 1. The molecule has 3 aromatic carbocycles. The van der Waals surface area contributed by atoms with Crippen molar-refractivity contribution < 1.29 is 19.1 Å². The molecular formula is C22H15NO4. The first-order chi connectivity index (χ1) is 13.0. The maximum atomic E-state index is 12.7. The summed E-state index contributed by atoms with van der Waals surface area (Å²) in [6.07, 6.45) is 0. The summed E-state index contributed by atoms with van der Waals surface area (Å²) in [4.78, 5) is 38.0. The van der Waals surface area contributed by atoms with Gasteiger partial charge in [0.25, 0.3) is 11.8 Å². The smallest absolute Gasteiger partial charge is 0.266 e. The molecule has 27 heavy (non-hydrogen) atoms. The first kappa shape index (κ1) is 16.7. The SMILES string of the molecule is CC(=O)c1ccc2c(c1)C(=O)N(c1ccc(Oc3ccccc3)cc1)C2=O. The summed E-state index contributed by atoms with van der Waals surface area (Å²) in [7, 11) is 0. The third-order valence-corrected chi connectivity index (χ3v) is 4.37. The number of imide groups is 1. The average molecular weight is 357 g/mol. The van der Waals surface area contributed by atoms with Crippen LogP contribution >= 0.6 is 0 Å². The lowest BCUT2D eigenvalue weighted by atomic mass is 10.0. The van der Waals surface area contributed by atoms with E-state index in [4.69, 9.17) is 4.74 Å². The quantitative estimate of drug-likeness (QED) is 0.510. The Bertz CT molecular complexity index is 1060. The molecule has 4 rings (SSSR count). The molecule has 132 valence electrons.